The Bertz CT molecular complexity index is 1210. The fourth-order valence-electron chi connectivity index (χ4n) is 2.78. The second-order valence-electron chi connectivity index (χ2n) is 5.33. The lowest BCUT2D eigenvalue weighted by Crippen LogP contribution is -2.22. The number of aromatic amines is 1. The molecule has 0 atom stereocenters. The van der Waals surface area contributed by atoms with Crippen molar-refractivity contribution in [3.8, 4) is 11.8 Å². The molecule has 0 aliphatic rings. The smallest absolute Gasteiger partial charge is 0.283 e. The van der Waals surface area contributed by atoms with E-state index in [9.17, 15) is 9.18 Å². The summed E-state index contributed by atoms with van der Waals surface area (Å²) in [7, 11) is 0. The molecule has 25 heavy (non-hydrogen) atoms. The van der Waals surface area contributed by atoms with Crippen molar-refractivity contribution in [2.75, 3.05) is 5.75 Å². The summed E-state index contributed by atoms with van der Waals surface area (Å²) < 4.78 is 15.5. The molecule has 2 heterocycles. The molecule has 0 aliphatic carbocycles. The molecule has 2 aromatic heterocycles. The summed E-state index contributed by atoms with van der Waals surface area (Å²) in [6, 6.07) is 15.5. The standard InChI is InChI=1S/C18H11FN4OS/c19-12-6-2-4-8-14(12)23-17(24)16-15(22-18(23)25-10-9-20)11-5-1-3-7-13(11)21-16/h1-8,21H,10H2. The molecule has 0 bridgehead atoms. The van der Waals surface area contributed by atoms with E-state index >= 15 is 0 Å². The quantitative estimate of drug-likeness (QED) is 0.452. The van der Waals surface area contributed by atoms with Crippen molar-refractivity contribution >= 4 is 33.7 Å². The molecule has 0 spiro atoms. The van der Waals surface area contributed by atoms with E-state index in [0.29, 0.717) is 11.0 Å². The fourth-order valence-corrected chi connectivity index (χ4v) is 3.44. The van der Waals surface area contributed by atoms with E-state index in [0.717, 1.165) is 22.7 Å². The van der Waals surface area contributed by atoms with Crippen LogP contribution >= 0.6 is 11.8 Å². The summed E-state index contributed by atoms with van der Waals surface area (Å²) in [6.07, 6.45) is 0. The third-order valence-corrected chi connectivity index (χ3v) is 4.66. The molecule has 0 radical (unpaired) electrons. The van der Waals surface area contributed by atoms with E-state index in [4.69, 9.17) is 5.26 Å². The number of hydrogen-bond acceptors (Lipinski definition) is 4. The molecule has 0 amide bonds. The van der Waals surface area contributed by atoms with Crippen molar-refractivity contribution in [2.24, 2.45) is 0 Å². The van der Waals surface area contributed by atoms with Crippen LogP contribution < -0.4 is 5.56 Å². The number of H-pyrrole nitrogens is 1. The van der Waals surface area contributed by atoms with Gasteiger partial charge < -0.3 is 4.98 Å². The largest absolute Gasteiger partial charge is 0.349 e. The molecule has 7 heteroatoms. The van der Waals surface area contributed by atoms with E-state index in [2.05, 4.69) is 9.97 Å². The maximum atomic E-state index is 14.3. The number of halogens is 1. The van der Waals surface area contributed by atoms with Gasteiger partial charge in [-0.25, -0.2) is 9.37 Å². The number of rotatable bonds is 3. The number of aromatic nitrogens is 3. The number of nitriles is 1. The minimum absolute atomic E-state index is 0.106. The zero-order chi connectivity index (χ0) is 17.4. The monoisotopic (exact) mass is 350 g/mol. The number of para-hydroxylation sites is 2. The average molecular weight is 350 g/mol. The molecule has 1 N–H and O–H groups in total. The average Bonchev–Trinajstić information content (AvgIpc) is 3.00. The predicted octanol–water partition coefficient (Wildman–Crippen LogP) is 3.62. The lowest BCUT2D eigenvalue weighted by atomic mass is 10.2. The van der Waals surface area contributed by atoms with Crippen LogP contribution in [0.5, 0.6) is 0 Å². The van der Waals surface area contributed by atoms with Gasteiger partial charge in [0.1, 0.15) is 16.9 Å². The maximum absolute atomic E-state index is 14.3. The molecule has 0 saturated heterocycles. The van der Waals surface area contributed by atoms with Gasteiger partial charge in [0, 0.05) is 10.9 Å². The SMILES string of the molecule is N#CCSc1nc2c([nH]c3ccccc32)c(=O)n1-c1ccccc1F. The summed E-state index contributed by atoms with van der Waals surface area (Å²) >= 11 is 1.10. The van der Waals surface area contributed by atoms with Gasteiger partial charge in [-0.2, -0.15) is 5.26 Å². The van der Waals surface area contributed by atoms with Gasteiger partial charge in [-0.05, 0) is 18.2 Å². The van der Waals surface area contributed by atoms with Gasteiger partial charge in [0.05, 0.1) is 17.5 Å². The van der Waals surface area contributed by atoms with Crippen molar-refractivity contribution in [2.45, 2.75) is 5.16 Å². The van der Waals surface area contributed by atoms with Crippen LogP contribution in [0.1, 0.15) is 0 Å². The Balaban J connectivity index is 2.12. The highest BCUT2D eigenvalue weighted by molar-refractivity contribution is 7.99. The molecule has 0 saturated carbocycles. The fraction of sp³-hybridized carbons (Fsp3) is 0.0556. The van der Waals surface area contributed by atoms with Crippen molar-refractivity contribution in [1.29, 1.82) is 5.26 Å². The Morgan fingerprint density at radius 3 is 2.76 bits per heavy atom. The molecule has 0 aliphatic heterocycles. The van der Waals surface area contributed by atoms with Gasteiger partial charge in [-0.15, -0.1) is 0 Å². The summed E-state index contributed by atoms with van der Waals surface area (Å²) in [5, 5.41) is 9.99. The number of benzene rings is 2. The summed E-state index contributed by atoms with van der Waals surface area (Å²) in [5.41, 5.74) is 1.33. The van der Waals surface area contributed by atoms with E-state index in [1.165, 1.54) is 16.7 Å². The molecule has 5 nitrogen and oxygen atoms in total. The van der Waals surface area contributed by atoms with Crippen molar-refractivity contribution < 1.29 is 4.39 Å². The minimum Gasteiger partial charge on any atom is -0.349 e. The summed E-state index contributed by atoms with van der Waals surface area (Å²) in [4.78, 5) is 20.7. The van der Waals surface area contributed by atoms with Crippen LogP contribution in [0.4, 0.5) is 4.39 Å². The summed E-state index contributed by atoms with van der Waals surface area (Å²) in [5.74, 6) is -0.421. The normalized spacial score (nSPS) is 11.0. The molecule has 0 fully saturated rings. The van der Waals surface area contributed by atoms with Crippen molar-refractivity contribution in [3.63, 3.8) is 0 Å². The number of nitrogens with zero attached hydrogens (tertiary/aromatic N) is 3. The van der Waals surface area contributed by atoms with Gasteiger partial charge in [0.25, 0.3) is 5.56 Å². The van der Waals surface area contributed by atoms with Crippen LogP contribution in [0.3, 0.4) is 0 Å². The molecule has 122 valence electrons. The maximum Gasteiger partial charge on any atom is 0.283 e. The van der Waals surface area contributed by atoms with Gasteiger partial charge in [0.2, 0.25) is 0 Å². The highest BCUT2D eigenvalue weighted by Gasteiger charge is 2.18. The minimum atomic E-state index is -0.527. The molecular weight excluding hydrogens is 339 g/mol. The Kier molecular flexibility index (Phi) is 3.75. The van der Waals surface area contributed by atoms with E-state index in [1.54, 1.807) is 12.1 Å². The van der Waals surface area contributed by atoms with Gasteiger partial charge in [0.15, 0.2) is 5.16 Å². The highest BCUT2D eigenvalue weighted by atomic mass is 32.2. The summed E-state index contributed by atoms with van der Waals surface area (Å²) in [6.45, 7) is 0. The molecular formula is C18H11FN4OS. The Morgan fingerprint density at radius 1 is 1.20 bits per heavy atom. The topological polar surface area (TPSA) is 74.5 Å². The van der Waals surface area contributed by atoms with Crippen LogP contribution in [0.2, 0.25) is 0 Å². The lowest BCUT2D eigenvalue weighted by molar-refractivity contribution is 0.608. The third kappa shape index (κ3) is 2.47. The highest BCUT2D eigenvalue weighted by Crippen LogP contribution is 2.26. The van der Waals surface area contributed by atoms with Crippen molar-refractivity contribution in [3.05, 3.63) is 64.7 Å². The number of nitrogens with one attached hydrogen (secondary N) is 1. The van der Waals surface area contributed by atoms with Crippen LogP contribution in [0.25, 0.3) is 27.6 Å². The second kappa shape index (κ2) is 6.07. The molecule has 4 aromatic rings. The first kappa shape index (κ1) is 15.4. The van der Waals surface area contributed by atoms with Gasteiger partial charge in [-0.3, -0.25) is 9.36 Å². The third-order valence-electron chi connectivity index (χ3n) is 3.85. The first-order valence-corrected chi connectivity index (χ1v) is 8.47. The van der Waals surface area contributed by atoms with E-state index in [1.807, 2.05) is 30.3 Å². The van der Waals surface area contributed by atoms with Crippen LogP contribution in [-0.4, -0.2) is 20.3 Å². The van der Waals surface area contributed by atoms with E-state index < -0.39 is 11.4 Å². The van der Waals surface area contributed by atoms with Gasteiger partial charge in [-0.1, -0.05) is 42.1 Å². The predicted molar refractivity (Wildman–Crippen MR) is 95.5 cm³/mol. The second-order valence-corrected chi connectivity index (χ2v) is 6.27. The van der Waals surface area contributed by atoms with Crippen LogP contribution in [-0.2, 0) is 0 Å². The van der Waals surface area contributed by atoms with Crippen LogP contribution in [0, 0.1) is 17.1 Å². The first-order chi connectivity index (χ1) is 12.2. The van der Waals surface area contributed by atoms with Gasteiger partial charge >= 0.3 is 0 Å². The van der Waals surface area contributed by atoms with E-state index in [-0.39, 0.29) is 16.6 Å². The number of fused-ring (bicyclic) bond motifs is 3. The molecule has 2 aromatic carbocycles. The molecule has 0 unspecified atom stereocenters. The van der Waals surface area contributed by atoms with Crippen molar-refractivity contribution in [1.82, 2.24) is 14.5 Å². The zero-order valence-electron chi connectivity index (χ0n) is 12.9. The Labute approximate surface area is 145 Å². The zero-order valence-corrected chi connectivity index (χ0v) is 13.7. The lowest BCUT2D eigenvalue weighted by Gasteiger charge is -2.11. The van der Waals surface area contributed by atoms with Crippen LogP contribution in [0.15, 0.2) is 58.5 Å². The molecule has 4 rings (SSSR count). The Morgan fingerprint density at radius 2 is 1.96 bits per heavy atom. The Hall–Kier alpha value is -3.11. The first-order valence-electron chi connectivity index (χ1n) is 7.49. The number of thioether (sulfide) groups is 1. The number of hydrogen-bond donors (Lipinski definition) is 1.